The lowest BCUT2D eigenvalue weighted by atomic mass is 10.1. The average Bonchev–Trinajstić information content (AvgIpc) is 3.09. The van der Waals surface area contributed by atoms with Gasteiger partial charge < -0.3 is 24.1 Å². The molecule has 0 aliphatic carbocycles. The summed E-state index contributed by atoms with van der Waals surface area (Å²) in [5, 5.41) is 3.19. The van der Waals surface area contributed by atoms with E-state index in [-0.39, 0.29) is 23.2 Å². The molecule has 0 spiro atoms. The molecule has 2 amide bonds. The highest BCUT2D eigenvalue weighted by Crippen LogP contribution is 2.36. The fraction of sp³-hybridized carbons (Fsp3) is 0.842. The maximum absolute atomic E-state index is 12.4. The minimum absolute atomic E-state index is 0.0403. The normalized spacial score (nSPS) is 27.0. The van der Waals surface area contributed by atoms with E-state index in [1.165, 1.54) is 0 Å². The Morgan fingerprint density at radius 3 is 2.50 bits per heavy atom. The van der Waals surface area contributed by atoms with Gasteiger partial charge in [0.05, 0.1) is 6.61 Å². The number of likely N-dealkylation sites (tertiary alicyclic amines) is 1. The van der Waals surface area contributed by atoms with Crippen LogP contribution in [0.1, 0.15) is 40.5 Å². The van der Waals surface area contributed by atoms with Gasteiger partial charge in [-0.2, -0.15) is 0 Å². The number of carbonyl (C=O) groups excluding carboxylic acids is 1. The van der Waals surface area contributed by atoms with Gasteiger partial charge in [0.15, 0.2) is 14.6 Å². The van der Waals surface area contributed by atoms with Crippen molar-refractivity contribution in [1.29, 1.82) is 0 Å². The van der Waals surface area contributed by atoms with Gasteiger partial charge >= 0.3 is 6.03 Å². The van der Waals surface area contributed by atoms with Crippen LogP contribution < -0.4 is 5.32 Å². The van der Waals surface area contributed by atoms with E-state index in [1.54, 1.807) is 0 Å². The molecule has 3 atom stereocenters. The maximum atomic E-state index is 12.4. The Bertz CT molecular complexity index is 498. The summed E-state index contributed by atoms with van der Waals surface area (Å²) in [5.41, 5.74) is 0. The first kappa shape index (κ1) is 21.4. The van der Waals surface area contributed by atoms with Crippen molar-refractivity contribution in [3.63, 3.8) is 0 Å². The predicted octanol–water partition coefficient (Wildman–Crippen LogP) is 3.50. The topological polar surface area (TPSA) is 60.0 Å². The zero-order valence-electron chi connectivity index (χ0n) is 17.2. The van der Waals surface area contributed by atoms with Crippen molar-refractivity contribution in [2.75, 3.05) is 26.3 Å². The van der Waals surface area contributed by atoms with Gasteiger partial charge in [-0.15, -0.1) is 0 Å². The lowest BCUT2D eigenvalue weighted by molar-refractivity contribution is -0.177. The third-order valence-electron chi connectivity index (χ3n) is 5.56. The molecule has 26 heavy (non-hydrogen) atoms. The fourth-order valence-corrected chi connectivity index (χ4v) is 3.83. The highest BCUT2D eigenvalue weighted by atomic mass is 28.4. The smallest absolute Gasteiger partial charge is 0.318 e. The van der Waals surface area contributed by atoms with Crippen molar-refractivity contribution in [1.82, 2.24) is 10.2 Å². The molecule has 2 aliphatic rings. The van der Waals surface area contributed by atoms with Crippen molar-refractivity contribution >= 4 is 14.3 Å². The largest absolute Gasteiger partial charge is 0.414 e. The van der Waals surface area contributed by atoms with Crippen LogP contribution >= 0.6 is 0 Å². The summed E-state index contributed by atoms with van der Waals surface area (Å²) in [6.45, 7) is 15.8. The molecule has 1 N–H and O–H groups in total. The van der Waals surface area contributed by atoms with Gasteiger partial charge in [0.1, 0.15) is 12.1 Å². The first-order valence-electron chi connectivity index (χ1n) is 9.79. The zero-order chi connectivity index (χ0) is 19.4. The number of ether oxygens (including phenoxy) is 2. The fourth-order valence-electron chi connectivity index (χ4n) is 2.82. The predicted molar refractivity (Wildman–Crippen MR) is 106 cm³/mol. The third kappa shape index (κ3) is 5.55. The van der Waals surface area contributed by atoms with Gasteiger partial charge in [-0.3, -0.25) is 0 Å². The van der Waals surface area contributed by atoms with Crippen molar-refractivity contribution in [2.24, 2.45) is 0 Å². The van der Waals surface area contributed by atoms with Crippen LogP contribution in [0.4, 0.5) is 4.79 Å². The summed E-state index contributed by atoms with van der Waals surface area (Å²) in [6, 6.07) is -0.311. The third-order valence-corrected chi connectivity index (χ3v) is 10.1. The second kappa shape index (κ2) is 8.86. The molecular weight excluding hydrogens is 348 g/mol. The minimum atomic E-state index is -1.82. The molecule has 2 rings (SSSR count). The molecule has 7 heteroatoms. The minimum Gasteiger partial charge on any atom is -0.414 e. The molecule has 0 unspecified atom stereocenters. The number of hydrogen-bond acceptors (Lipinski definition) is 4. The van der Waals surface area contributed by atoms with Crippen LogP contribution in [0.5, 0.6) is 0 Å². The summed E-state index contributed by atoms with van der Waals surface area (Å²) >= 11 is 0. The standard InChI is InChI=1S/C19H36N2O4Si/c1-7-23-17-16(20-18(22)21-12-8-9-13-21)11-10-15(25-17)14-24-26(5,6)19(2,3)4/h10-11,15-17H,7-9,12-14H2,1-6H3,(H,20,22)/t15-,16-,17-/m1/s1. The molecule has 1 fully saturated rings. The summed E-state index contributed by atoms with van der Waals surface area (Å²) in [4.78, 5) is 14.2. The molecule has 150 valence electrons. The second-order valence-corrected chi connectivity index (χ2v) is 13.4. The Morgan fingerprint density at radius 2 is 1.92 bits per heavy atom. The van der Waals surface area contributed by atoms with E-state index in [0.29, 0.717) is 13.2 Å². The number of carbonyl (C=O) groups is 1. The molecule has 0 aromatic heterocycles. The lowest BCUT2D eigenvalue weighted by Gasteiger charge is -2.38. The Hall–Kier alpha value is -0.893. The molecule has 0 saturated carbocycles. The van der Waals surface area contributed by atoms with E-state index in [2.05, 4.69) is 39.2 Å². The molecule has 1 saturated heterocycles. The summed E-state index contributed by atoms with van der Waals surface area (Å²) < 4.78 is 18.1. The van der Waals surface area contributed by atoms with Gasteiger partial charge in [-0.1, -0.05) is 32.9 Å². The first-order valence-corrected chi connectivity index (χ1v) is 12.7. The van der Waals surface area contributed by atoms with Crippen LogP contribution in [-0.4, -0.2) is 64.0 Å². The Labute approximate surface area is 159 Å². The first-order chi connectivity index (χ1) is 12.1. The van der Waals surface area contributed by atoms with E-state index in [1.807, 2.05) is 24.0 Å². The zero-order valence-corrected chi connectivity index (χ0v) is 18.2. The van der Waals surface area contributed by atoms with E-state index in [0.717, 1.165) is 25.9 Å². The Morgan fingerprint density at radius 1 is 1.27 bits per heavy atom. The average molecular weight is 385 g/mol. The number of nitrogens with one attached hydrogen (secondary N) is 1. The van der Waals surface area contributed by atoms with Crippen molar-refractivity contribution < 1.29 is 18.7 Å². The quantitative estimate of drug-likeness (QED) is 0.562. The van der Waals surface area contributed by atoms with Crippen molar-refractivity contribution in [3.8, 4) is 0 Å². The van der Waals surface area contributed by atoms with Crippen LogP contribution in [0.25, 0.3) is 0 Å². The molecule has 0 aromatic carbocycles. The molecule has 6 nitrogen and oxygen atoms in total. The summed E-state index contributed by atoms with van der Waals surface area (Å²) in [7, 11) is -1.82. The van der Waals surface area contributed by atoms with Gasteiger partial charge in [0.2, 0.25) is 0 Å². The molecule has 0 aromatic rings. The SMILES string of the molecule is CCO[C@@H]1O[C@@H](CO[Si](C)(C)C(C)(C)C)C=C[C@H]1NC(=O)N1CCCC1. The van der Waals surface area contributed by atoms with Gasteiger partial charge in [-0.05, 0) is 37.9 Å². The van der Waals surface area contributed by atoms with Gasteiger partial charge in [-0.25, -0.2) is 4.79 Å². The van der Waals surface area contributed by atoms with E-state index < -0.39 is 14.6 Å². The maximum Gasteiger partial charge on any atom is 0.318 e. The summed E-state index contributed by atoms with van der Waals surface area (Å²) in [5.74, 6) is 0. The highest BCUT2D eigenvalue weighted by Gasteiger charge is 2.38. The van der Waals surface area contributed by atoms with Gasteiger partial charge in [0.25, 0.3) is 0 Å². The van der Waals surface area contributed by atoms with E-state index in [4.69, 9.17) is 13.9 Å². The van der Waals surface area contributed by atoms with Crippen molar-refractivity contribution in [2.45, 2.75) is 77.1 Å². The number of urea groups is 1. The van der Waals surface area contributed by atoms with E-state index in [9.17, 15) is 4.79 Å². The molecule has 0 bridgehead atoms. The van der Waals surface area contributed by atoms with E-state index >= 15 is 0 Å². The molecule has 2 heterocycles. The summed E-state index contributed by atoms with van der Waals surface area (Å²) in [6.07, 6.45) is 5.48. The Kier molecular flexibility index (Phi) is 7.30. The molecule has 2 aliphatic heterocycles. The monoisotopic (exact) mass is 384 g/mol. The Balaban J connectivity index is 1.94. The number of amides is 2. The molecular formula is C19H36N2O4Si. The van der Waals surface area contributed by atoms with Crippen molar-refractivity contribution in [3.05, 3.63) is 12.2 Å². The van der Waals surface area contributed by atoms with Crippen LogP contribution in [-0.2, 0) is 13.9 Å². The van der Waals surface area contributed by atoms with Crippen LogP contribution in [0.2, 0.25) is 18.1 Å². The van der Waals surface area contributed by atoms with Crippen LogP contribution in [0.15, 0.2) is 12.2 Å². The number of rotatable bonds is 6. The molecule has 0 radical (unpaired) electrons. The van der Waals surface area contributed by atoms with Crippen LogP contribution in [0, 0.1) is 0 Å². The highest BCUT2D eigenvalue weighted by molar-refractivity contribution is 6.74. The lowest BCUT2D eigenvalue weighted by Crippen LogP contribution is -2.52. The second-order valence-electron chi connectivity index (χ2n) is 8.62. The number of hydrogen-bond donors (Lipinski definition) is 1. The van der Waals surface area contributed by atoms with Crippen LogP contribution in [0.3, 0.4) is 0 Å². The van der Waals surface area contributed by atoms with Gasteiger partial charge in [0, 0.05) is 19.7 Å². The number of nitrogens with zero attached hydrogens (tertiary/aromatic N) is 1.